The zero-order valence-electron chi connectivity index (χ0n) is 13.6. The average molecular weight is 312 g/mol. The molecule has 2 atom stereocenters. The number of ether oxygens (including phenoxy) is 1. The van der Waals surface area contributed by atoms with Gasteiger partial charge < -0.3 is 15.2 Å². The Bertz CT molecular complexity index is 396. The van der Waals surface area contributed by atoms with Crippen molar-refractivity contribution >= 4 is 11.9 Å². The zero-order valence-corrected chi connectivity index (χ0v) is 13.6. The highest BCUT2D eigenvalue weighted by Gasteiger charge is 2.34. The molecule has 1 aliphatic carbocycles. The van der Waals surface area contributed by atoms with Gasteiger partial charge in [-0.05, 0) is 45.6 Å². The van der Waals surface area contributed by atoms with Crippen LogP contribution >= 0.6 is 0 Å². The van der Waals surface area contributed by atoms with Crippen LogP contribution in [0.1, 0.15) is 52.4 Å². The van der Waals surface area contributed by atoms with E-state index < -0.39 is 5.97 Å². The molecule has 1 aliphatic heterocycles. The van der Waals surface area contributed by atoms with Crippen LogP contribution in [0.25, 0.3) is 0 Å². The van der Waals surface area contributed by atoms with E-state index in [1.807, 2.05) is 11.8 Å². The van der Waals surface area contributed by atoms with Gasteiger partial charge in [0.25, 0.3) is 0 Å². The third-order valence-electron chi connectivity index (χ3n) is 4.75. The average Bonchev–Trinajstić information content (AvgIpc) is 2.83. The minimum Gasteiger partial charge on any atom is -0.480 e. The summed E-state index contributed by atoms with van der Waals surface area (Å²) < 4.78 is 5.71. The Morgan fingerprint density at radius 3 is 2.59 bits per heavy atom. The largest absolute Gasteiger partial charge is 0.480 e. The predicted octanol–water partition coefficient (Wildman–Crippen LogP) is 1.39. The Hall–Kier alpha value is -1.14. The fourth-order valence-corrected chi connectivity index (χ4v) is 3.37. The first-order valence-electron chi connectivity index (χ1n) is 8.38. The molecule has 22 heavy (non-hydrogen) atoms. The van der Waals surface area contributed by atoms with Crippen LogP contribution in [0.5, 0.6) is 0 Å². The molecule has 0 spiro atoms. The number of hydrogen-bond donors (Lipinski definition) is 2. The van der Waals surface area contributed by atoms with Gasteiger partial charge in [-0.25, -0.2) is 0 Å². The van der Waals surface area contributed by atoms with Crippen molar-refractivity contribution in [1.29, 1.82) is 0 Å². The summed E-state index contributed by atoms with van der Waals surface area (Å²) in [7, 11) is 0. The molecule has 1 saturated carbocycles. The molecule has 6 nitrogen and oxygen atoms in total. The van der Waals surface area contributed by atoms with Crippen molar-refractivity contribution in [2.45, 2.75) is 76.7 Å². The van der Waals surface area contributed by atoms with Crippen LogP contribution in [0.15, 0.2) is 0 Å². The fourth-order valence-electron chi connectivity index (χ4n) is 3.37. The molecule has 0 aromatic heterocycles. The summed E-state index contributed by atoms with van der Waals surface area (Å²) in [6.07, 6.45) is 5.73. The molecule has 126 valence electrons. The number of carboxylic acid groups (broad SMARTS) is 1. The molecule has 1 heterocycles. The Morgan fingerprint density at radius 1 is 1.32 bits per heavy atom. The van der Waals surface area contributed by atoms with Crippen molar-refractivity contribution < 1.29 is 19.4 Å². The maximum Gasteiger partial charge on any atom is 0.317 e. The van der Waals surface area contributed by atoms with Crippen LogP contribution in [0.3, 0.4) is 0 Å². The number of likely N-dealkylation sites (N-methyl/N-ethyl adjacent to an activating group) is 1. The lowest BCUT2D eigenvalue weighted by Gasteiger charge is -2.42. The monoisotopic (exact) mass is 312 g/mol. The van der Waals surface area contributed by atoms with Gasteiger partial charge in [-0.2, -0.15) is 0 Å². The van der Waals surface area contributed by atoms with Crippen LogP contribution in [0.4, 0.5) is 0 Å². The molecule has 0 radical (unpaired) electrons. The minimum atomic E-state index is -0.792. The van der Waals surface area contributed by atoms with Crippen molar-refractivity contribution in [3.05, 3.63) is 0 Å². The van der Waals surface area contributed by atoms with Crippen LogP contribution < -0.4 is 5.32 Å². The Kier molecular flexibility index (Phi) is 6.20. The van der Waals surface area contributed by atoms with E-state index in [-0.39, 0.29) is 30.6 Å². The van der Waals surface area contributed by atoms with Crippen molar-refractivity contribution in [2.75, 3.05) is 13.1 Å². The lowest BCUT2D eigenvalue weighted by molar-refractivity contribution is -0.139. The van der Waals surface area contributed by atoms with E-state index in [1.165, 1.54) is 0 Å². The Balaban J connectivity index is 1.60. The summed E-state index contributed by atoms with van der Waals surface area (Å²) in [6, 6.07) is 0.481. The summed E-state index contributed by atoms with van der Waals surface area (Å²) in [6.45, 7) is 4.86. The molecule has 6 heteroatoms. The number of aliphatic carboxylic acids is 1. The Labute approximate surface area is 132 Å². The second kappa shape index (κ2) is 7.92. The number of carbonyl (C=O) groups excluding carboxylic acids is 1. The zero-order chi connectivity index (χ0) is 16.1. The number of amides is 1. The number of nitrogens with zero attached hydrogens (tertiary/aromatic N) is 1. The van der Waals surface area contributed by atoms with Gasteiger partial charge in [0.1, 0.15) is 0 Å². The lowest BCUT2D eigenvalue weighted by Crippen LogP contribution is -2.54. The highest BCUT2D eigenvalue weighted by Crippen LogP contribution is 2.26. The fraction of sp³-hybridized carbons (Fsp3) is 0.875. The summed E-state index contributed by atoms with van der Waals surface area (Å²) in [5.41, 5.74) is 0. The van der Waals surface area contributed by atoms with Gasteiger partial charge >= 0.3 is 5.97 Å². The third kappa shape index (κ3) is 4.95. The molecular weight excluding hydrogens is 284 g/mol. The summed E-state index contributed by atoms with van der Waals surface area (Å²) in [4.78, 5) is 24.7. The highest BCUT2D eigenvalue weighted by atomic mass is 16.5. The first-order valence-corrected chi connectivity index (χ1v) is 8.38. The first-order chi connectivity index (χ1) is 10.5. The minimum absolute atomic E-state index is 0.0824. The lowest BCUT2D eigenvalue weighted by atomic mass is 9.85. The molecule has 1 saturated heterocycles. The van der Waals surface area contributed by atoms with E-state index in [1.54, 1.807) is 0 Å². The van der Waals surface area contributed by atoms with Crippen molar-refractivity contribution in [3.8, 4) is 0 Å². The van der Waals surface area contributed by atoms with Crippen molar-refractivity contribution in [3.63, 3.8) is 0 Å². The summed E-state index contributed by atoms with van der Waals surface area (Å²) in [5.74, 6) is -0.701. The number of carbonyl (C=O) groups is 2. The van der Waals surface area contributed by atoms with Gasteiger partial charge in [-0.1, -0.05) is 6.92 Å². The van der Waals surface area contributed by atoms with E-state index in [4.69, 9.17) is 9.84 Å². The molecule has 0 unspecified atom stereocenters. The van der Waals surface area contributed by atoms with Crippen molar-refractivity contribution in [2.24, 2.45) is 0 Å². The standard InChI is InChI=1S/C16H28N2O4/c1-3-18(10-16(20)21)13-8-12(9-13)17-15(19)7-6-14-5-4-11(2)22-14/h11-14H,3-10H2,1-2H3,(H,17,19)(H,20,21)/t11-,12?,13?,14+/m0/s1. The smallest absolute Gasteiger partial charge is 0.317 e. The molecular formula is C16H28N2O4. The molecule has 1 amide bonds. The maximum atomic E-state index is 11.9. The van der Waals surface area contributed by atoms with E-state index in [0.29, 0.717) is 12.5 Å². The van der Waals surface area contributed by atoms with Crippen LogP contribution in [-0.4, -0.2) is 59.3 Å². The van der Waals surface area contributed by atoms with Gasteiger partial charge in [-0.3, -0.25) is 14.5 Å². The Morgan fingerprint density at radius 2 is 2.05 bits per heavy atom. The molecule has 2 rings (SSSR count). The SMILES string of the molecule is CCN(CC(=O)O)C1CC(NC(=O)CC[C@H]2CC[C@H](C)O2)C1. The normalized spacial score (nSPS) is 31.0. The van der Waals surface area contributed by atoms with E-state index in [9.17, 15) is 9.59 Å². The third-order valence-corrected chi connectivity index (χ3v) is 4.75. The number of hydrogen-bond acceptors (Lipinski definition) is 4. The van der Waals surface area contributed by atoms with E-state index in [0.717, 1.165) is 38.6 Å². The number of rotatable bonds is 8. The van der Waals surface area contributed by atoms with Crippen LogP contribution in [-0.2, 0) is 14.3 Å². The summed E-state index contributed by atoms with van der Waals surface area (Å²) >= 11 is 0. The molecule has 2 aliphatic rings. The topological polar surface area (TPSA) is 78.9 Å². The second-order valence-electron chi connectivity index (χ2n) is 6.53. The van der Waals surface area contributed by atoms with Crippen molar-refractivity contribution in [1.82, 2.24) is 10.2 Å². The van der Waals surface area contributed by atoms with Gasteiger partial charge in [0.2, 0.25) is 5.91 Å². The van der Waals surface area contributed by atoms with Crippen LogP contribution in [0.2, 0.25) is 0 Å². The van der Waals surface area contributed by atoms with Gasteiger partial charge in [0, 0.05) is 18.5 Å². The predicted molar refractivity (Wildman–Crippen MR) is 82.6 cm³/mol. The number of carboxylic acids is 1. The quantitative estimate of drug-likeness (QED) is 0.708. The van der Waals surface area contributed by atoms with Crippen LogP contribution in [0, 0.1) is 0 Å². The molecule has 0 aromatic carbocycles. The first kappa shape index (κ1) is 17.2. The number of nitrogens with one attached hydrogen (secondary N) is 1. The highest BCUT2D eigenvalue weighted by molar-refractivity contribution is 5.76. The van der Waals surface area contributed by atoms with Gasteiger partial charge in [0.05, 0.1) is 18.8 Å². The molecule has 2 fully saturated rings. The molecule has 0 bridgehead atoms. The van der Waals surface area contributed by atoms with E-state index in [2.05, 4.69) is 12.2 Å². The molecule has 2 N–H and O–H groups in total. The van der Waals surface area contributed by atoms with Gasteiger partial charge in [0.15, 0.2) is 0 Å². The summed E-state index contributed by atoms with van der Waals surface area (Å²) in [5, 5.41) is 11.9. The second-order valence-corrected chi connectivity index (χ2v) is 6.53. The van der Waals surface area contributed by atoms with Gasteiger partial charge in [-0.15, -0.1) is 0 Å². The van der Waals surface area contributed by atoms with E-state index >= 15 is 0 Å². The maximum absolute atomic E-state index is 11.9. The molecule has 0 aromatic rings.